The van der Waals surface area contributed by atoms with Crippen LogP contribution in [0.4, 0.5) is 4.39 Å². The van der Waals surface area contributed by atoms with E-state index in [2.05, 4.69) is 25.7 Å². The van der Waals surface area contributed by atoms with Crippen LogP contribution in [0, 0.1) is 5.82 Å². The highest BCUT2D eigenvalue weighted by atomic mass is 32.1. The summed E-state index contributed by atoms with van der Waals surface area (Å²) in [6.07, 6.45) is 0. The van der Waals surface area contributed by atoms with Gasteiger partial charge >= 0.3 is 0 Å². The second-order valence-corrected chi connectivity index (χ2v) is 6.11. The van der Waals surface area contributed by atoms with Gasteiger partial charge in [-0.25, -0.2) is 4.39 Å². The van der Waals surface area contributed by atoms with E-state index < -0.39 is 0 Å². The zero-order valence-electron chi connectivity index (χ0n) is 11.7. The predicted octanol–water partition coefficient (Wildman–Crippen LogP) is 3.73. The molecule has 2 N–H and O–H groups in total. The molecule has 0 radical (unpaired) electrons. The molecule has 104 valence electrons. The average Bonchev–Trinajstić information content (AvgIpc) is 2.74. The van der Waals surface area contributed by atoms with E-state index >= 15 is 0 Å². The largest absolute Gasteiger partial charge is 0.326 e. The molecule has 2 rings (SSSR count). The van der Waals surface area contributed by atoms with Crippen LogP contribution in [0.1, 0.15) is 31.2 Å². The van der Waals surface area contributed by atoms with Crippen LogP contribution < -0.4 is 5.73 Å². The lowest BCUT2D eigenvalue weighted by Gasteiger charge is -2.25. The van der Waals surface area contributed by atoms with E-state index in [0.717, 1.165) is 33.6 Å². The average molecular weight is 280 g/mol. The molecule has 0 aliphatic heterocycles. The van der Waals surface area contributed by atoms with Crippen molar-refractivity contribution in [1.82, 2.24) is 4.90 Å². The SMILES string of the molecule is CCN(Cc1c(CN)sc2cccc(F)c12)C(C)C. The van der Waals surface area contributed by atoms with Crippen molar-refractivity contribution in [3.8, 4) is 0 Å². The molecule has 1 aromatic heterocycles. The van der Waals surface area contributed by atoms with Gasteiger partial charge in [-0.1, -0.05) is 13.0 Å². The summed E-state index contributed by atoms with van der Waals surface area (Å²) in [6, 6.07) is 5.71. The summed E-state index contributed by atoms with van der Waals surface area (Å²) in [4.78, 5) is 3.42. The fraction of sp³-hybridized carbons (Fsp3) is 0.467. The Balaban J connectivity index is 2.51. The van der Waals surface area contributed by atoms with E-state index in [9.17, 15) is 4.39 Å². The van der Waals surface area contributed by atoms with Gasteiger partial charge in [0, 0.05) is 34.1 Å². The maximum absolute atomic E-state index is 14.1. The fourth-order valence-corrected chi connectivity index (χ4v) is 3.52. The van der Waals surface area contributed by atoms with Crippen molar-refractivity contribution < 1.29 is 4.39 Å². The maximum Gasteiger partial charge on any atom is 0.132 e. The minimum Gasteiger partial charge on any atom is -0.326 e. The molecule has 2 aromatic rings. The summed E-state index contributed by atoms with van der Waals surface area (Å²) in [6.45, 7) is 8.65. The van der Waals surface area contributed by atoms with Crippen molar-refractivity contribution in [2.24, 2.45) is 5.73 Å². The molecule has 0 fully saturated rings. The van der Waals surface area contributed by atoms with Crippen molar-refractivity contribution in [3.05, 3.63) is 34.5 Å². The van der Waals surface area contributed by atoms with E-state index in [0.29, 0.717) is 12.6 Å². The van der Waals surface area contributed by atoms with Crippen LogP contribution in [0.5, 0.6) is 0 Å². The summed E-state index contributed by atoms with van der Waals surface area (Å²) < 4.78 is 15.1. The van der Waals surface area contributed by atoms with E-state index in [-0.39, 0.29) is 5.82 Å². The molecule has 19 heavy (non-hydrogen) atoms. The Morgan fingerprint density at radius 3 is 2.68 bits per heavy atom. The molecule has 1 aromatic carbocycles. The van der Waals surface area contributed by atoms with Gasteiger partial charge in [0.1, 0.15) is 5.82 Å². The van der Waals surface area contributed by atoms with Gasteiger partial charge in [-0.05, 0) is 38.1 Å². The van der Waals surface area contributed by atoms with Crippen LogP contribution >= 0.6 is 11.3 Å². The minimum absolute atomic E-state index is 0.136. The van der Waals surface area contributed by atoms with Crippen molar-refractivity contribution in [1.29, 1.82) is 0 Å². The van der Waals surface area contributed by atoms with Gasteiger partial charge in [0.25, 0.3) is 0 Å². The molecule has 0 aliphatic rings. The molecule has 0 amide bonds. The highest BCUT2D eigenvalue weighted by molar-refractivity contribution is 7.19. The van der Waals surface area contributed by atoms with Gasteiger partial charge in [0.15, 0.2) is 0 Å². The molecule has 0 atom stereocenters. The van der Waals surface area contributed by atoms with Gasteiger partial charge in [0.05, 0.1) is 0 Å². The van der Waals surface area contributed by atoms with Gasteiger partial charge < -0.3 is 5.73 Å². The lowest BCUT2D eigenvalue weighted by molar-refractivity contribution is 0.225. The zero-order valence-corrected chi connectivity index (χ0v) is 12.6. The summed E-state index contributed by atoms with van der Waals surface area (Å²) in [7, 11) is 0. The van der Waals surface area contributed by atoms with E-state index in [4.69, 9.17) is 5.73 Å². The highest BCUT2D eigenvalue weighted by Crippen LogP contribution is 2.34. The molecule has 4 heteroatoms. The third-order valence-electron chi connectivity index (χ3n) is 3.53. The molecule has 0 saturated carbocycles. The Labute approximate surface area is 118 Å². The Hall–Kier alpha value is -0.970. The molecule has 1 heterocycles. The predicted molar refractivity (Wildman–Crippen MR) is 80.9 cm³/mol. The second-order valence-electron chi connectivity index (χ2n) is 4.98. The van der Waals surface area contributed by atoms with Crippen LogP contribution in [0.3, 0.4) is 0 Å². The molecule has 0 spiro atoms. The number of thiophene rings is 1. The fourth-order valence-electron chi connectivity index (χ4n) is 2.41. The number of halogens is 1. The number of hydrogen-bond acceptors (Lipinski definition) is 3. The van der Waals surface area contributed by atoms with Crippen molar-refractivity contribution in [2.45, 2.75) is 39.9 Å². The summed E-state index contributed by atoms with van der Waals surface area (Å²) in [5, 5.41) is 0.757. The molecular weight excluding hydrogens is 259 g/mol. The van der Waals surface area contributed by atoms with Crippen LogP contribution in [0.15, 0.2) is 18.2 Å². The summed E-state index contributed by atoms with van der Waals surface area (Å²) in [5.41, 5.74) is 6.89. The van der Waals surface area contributed by atoms with Gasteiger partial charge in [-0.3, -0.25) is 4.90 Å². The molecule has 0 unspecified atom stereocenters. The highest BCUT2D eigenvalue weighted by Gasteiger charge is 2.18. The third-order valence-corrected chi connectivity index (χ3v) is 4.75. The van der Waals surface area contributed by atoms with Crippen LogP contribution in [-0.4, -0.2) is 17.5 Å². The van der Waals surface area contributed by atoms with Gasteiger partial charge in [-0.2, -0.15) is 0 Å². The smallest absolute Gasteiger partial charge is 0.132 e. The molecular formula is C15H21FN2S. The van der Waals surface area contributed by atoms with Gasteiger partial charge in [0.2, 0.25) is 0 Å². The lowest BCUT2D eigenvalue weighted by Crippen LogP contribution is -2.30. The topological polar surface area (TPSA) is 29.3 Å². The Morgan fingerprint density at radius 2 is 2.11 bits per heavy atom. The normalized spacial score (nSPS) is 11.9. The van der Waals surface area contributed by atoms with E-state index in [1.165, 1.54) is 6.07 Å². The maximum atomic E-state index is 14.1. The number of benzene rings is 1. The lowest BCUT2D eigenvalue weighted by atomic mass is 10.1. The number of nitrogens with two attached hydrogens (primary N) is 1. The molecule has 0 aliphatic carbocycles. The first-order valence-electron chi connectivity index (χ1n) is 6.71. The van der Waals surface area contributed by atoms with Gasteiger partial charge in [-0.15, -0.1) is 11.3 Å². The van der Waals surface area contributed by atoms with E-state index in [1.54, 1.807) is 17.4 Å². The number of fused-ring (bicyclic) bond motifs is 1. The van der Waals surface area contributed by atoms with Crippen molar-refractivity contribution in [3.63, 3.8) is 0 Å². The molecule has 0 bridgehead atoms. The third kappa shape index (κ3) is 2.81. The Kier molecular flexibility index (Phi) is 4.55. The van der Waals surface area contributed by atoms with Crippen LogP contribution in [-0.2, 0) is 13.1 Å². The second kappa shape index (κ2) is 5.99. The number of nitrogens with zero attached hydrogens (tertiary/aromatic N) is 1. The summed E-state index contributed by atoms with van der Waals surface area (Å²) >= 11 is 1.61. The standard InChI is InChI=1S/C15H21FN2S/c1-4-18(10(2)3)9-11-14(8-17)19-13-7-5-6-12(16)15(11)13/h5-7,10H,4,8-9,17H2,1-3H3. The minimum atomic E-state index is -0.136. The van der Waals surface area contributed by atoms with Crippen molar-refractivity contribution in [2.75, 3.05) is 6.54 Å². The quantitative estimate of drug-likeness (QED) is 0.904. The van der Waals surface area contributed by atoms with Crippen LogP contribution in [0.25, 0.3) is 10.1 Å². The molecule has 0 saturated heterocycles. The summed E-state index contributed by atoms with van der Waals surface area (Å²) in [5.74, 6) is -0.136. The first-order chi connectivity index (χ1) is 9.08. The zero-order chi connectivity index (χ0) is 14.0. The Morgan fingerprint density at radius 1 is 1.37 bits per heavy atom. The first-order valence-corrected chi connectivity index (χ1v) is 7.53. The van der Waals surface area contributed by atoms with Crippen molar-refractivity contribution >= 4 is 21.4 Å². The number of rotatable bonds is 5. The molecule has 2 nitrogen and oxygen atoms in total. The Bertz CT molecular complexity index is 563. The monoisotopic (exact) mass is 280 g/mol. The van der Waals surface area contributed by atoms with Crippen LogP contribution in [0.2, 0.25) is 0 Å². The van der Waals surface area contributed by atoms with E-state index in [1.807, 2.05) is 6.07 Å². The number of hydrogen-bond donors (Lipinski definition) is 1. The first kappa shape index (κ1) is 14.4.